The largest absolute Gasteiger partial charge is 0.443 e. The van der Waals surface area contributed by atoms with E-state index in [1.807, 2.05) is 45.2 Å². The number of nitrogens with two attached hydrogens (primary N) is 1. The maximum atomic E-state index is 12.5. The Morgan fingerprint density at radius 2 is 2.00 bits per heavy atom. The first kappa shape index (κ1) is 29.2. The van der Waals surface area contributed by atoms with E-state index in [0.29, 0.717) is 17.2 Å². The van der Waals surface area contributed by atoms with Crippen LogP contribution in [0.3, 0.4) is 0 Å². The maximum absolute atomic E-state index is 12.5. The number of hydrogen-bond acceptors (Lipinski definition) is 9. The molecular formula is C26H34N4O6S3. The zero-order chi connectivity index (χ0) is 28.6. The number of sulfone groups is 2. The predicted molar refractivity (Wildman–Crippen MR) is 154 cm³/mol. The van der Waals surface area contributed by atoms with Crippen LogP contribution in [-0.2, 0) is 24.4 Å². The van der Waals surface area contributed by atoms with Gasteiger partial charge in [0.2, 0.25) is 0 Å². The minimum atomic E-state index is -3.25. The van der Waals surface area contributed by atoms with E-state index in [-0.39, 0.29) is 23.6 Å². The summed E-state index contributed by atoms with van der Waals surface area (Å²) in [5.74, 6) is 0.473. The predicted octanol–water partition coefficient (Wildman–Crippen LogP) is 4.20. The number of thiophene rings is 1. The number of rotatable bonds is 3. The number of aromatic amines is 1. The smallest absolute Gasteiger partial charge is 0.414 e. The monoisotopic (exact) mass is 594 g/mol. The van der Waals surface area contributed by atoms with Crippen LogP contribution in [0.15, 0.2) is 40.9 Å². The Bertz CT molecular complexity index is 1610. The minimum absolute atomic E-state index is 0.0972. The highest BCUT2D eigenvalue weighted by Gasteiger charge is 2.25. The molecule has 1 amide bonds. The zero-order valence-corrected chi connectivity index (χ0v) is 24.9. The SMILES string of the molecule is CC(C)(C)OC(=O)N1C=C(c2cc3c(-c4ccc(S(C)(=O)=O)s4)ccnc3[nH]2)CCC1.NC1CCS(=O)(=O)C1. The first-order valence-electron chi connectivity index (χ1n) is 12.6. The summed E-state index contributed by atoms with van der Waals surface area (Å²) in [6, 6.07) is 7.27. The second-order valence-corrected chi connectivity index (χ2v) is 16.3. The van der Waals surface area contributed by atoms with E-state index in [2.05, 4.69) is 9.97 Å². The molecule has 0 saturated carbocycles. The molecule has 2 aliphatic rings. The highest BCUT2D eigenvalue weighted by atomic mass is 32.2. The van der Waals surface area contributed by atoms with Gasteiger partial charge in [-0.2, -0.15) is 0 Å². The number of amides is 1. The van der Waals surface area contributed by atoms with Gasteiger partial charge in [0.05, 0.1) is 11.5 Å². The molecule has 1 atom stereocenters. The Labute approximate surface area is 233 Å². The van der Waals surface area contributed by atoms with E-state index in [4.69, 9.17) is 10.5 Å². The molecular weight excluding hydrogens is 561 g/mol. The summed E-state index contributed by atoms with van der Waals surface area (Å²) < 4.78 is 50.7. The van der Waals surface area contributed by atoms with Gasteiger partial charge < -0.3 is 15.5 Å². The van der Waals surface area contributed by atoms with Gasteiger partial charge in [-0.3, -0.25) is 4.90 Å². The molecule has 5 rings (SSSR count). The molecule has 2 aliphatic heterocycles. The van der Waals surface area contributed by atoms with E-state index < -0.39 is 25.3 Å². The molecule has 5 heterocycles. The molecule has 1 fully saturated rings. The van der Waals surface area contributed by atoms with Crippen LogP contribution < -0.4 is 5.73 Å². The van der Waals surface area contributed by atoms with Gasteiger partial charge in [-0.15, -0.1) is 11.3 Å². The molecule has 0 radical (unpaired) electrons. The Morgan fingerprint density at radius 1 is 1.26 bits per heavy atom. The van der Waals surface area contributed by atoms with Gasteiger partial charge in [-0.05, 0) is 69.9 Å². The molecule has 0 aliphatic carbocycles. The molecule has 1 saturated heterocycles. The van der Waals surface area contributed by atoms with Crippen LogP contribution in [0.5, 0.6) is 0 Å². The Balaban J connectivity index is 0.000000379. The lowest BCUT2D eigenvalue weighted by Gasteiger charge is -2.28. The highest BCUT2D eigenvalue weighted by Crippen LogP contribution is 2.36. The first-order chi connectivity index (χ1) is 18.1. The van der Waals surface area contributed by atoms with Crippen molar-refractivity contribution >= 4 is 53.7 Å². The minimum Gasteiger partial charge on any atom is -0.443 e. The summed E-state index contributed by atoms with van der Waals surface area (Å²) in [6.45, 7) is 6.17. The number of nitrogens with one attached hydrogen (secondary N) is 1. The number of H-pyrrole nitrogens is 1. The summed E-state index contributed by atoms with van der Waals surface area (Å²) in [7, 11) is -5.97. The van der Waals surface area contributed by atoms with E-state index in [0.717, 1.165) is 45.6 Å². The number of hydrogen-bond donors (Lipinski definition) is 2. The quantitative estimate of drug-likeness (QED) is 0.458. The molecule has 0 aromatic carbocycles. The van der Waals surface area contributed by atoms with Gasteiger partial charge in [0.1, 0.15) is 15.5 Å². The van der Waals surface area contributed by atoms with E-state index in [9.17, 15) is 21.6 Å². The molecule has 3 aromatic heterocycles. The lowest BCUT2D eigenvalue weighted by molar-refractivity contribution is 0.0329. The average molecular weight is 595 g/mol. The second-order valence-electron chi connectivity index (χ2n) is 10.8. The third-order valence-electron chi connectivity index (χ3n) is 6.14. The van der Waals surface area contributed by atoms with Crippen molar-refractivity contribution in [1.82, 2.24) is 14.9 Å². The van der Waals surface area contributed by atoms with Crippen LogP contribution in [0, 0.1) is 0 Å². The number of carbonyl (C=O) groups is 1. The maximum Gasteiger partial charge on any atom is 0.414 e. The fourth-order valence-electron chi connectivity index (χ4n) is 4.33. The fraction of sp³-hybridized carbons (Fsp3) is 0.462. The summed E-state index contributed by atoms with van der Waals surface area (Å²) in [5.41, 5.74) is 8.32. The fourth-order valence-corrected chi connectivity index (χ4v) is 7.94. The van der Waals surface area contributed by atoms with Crippen molar-refractivity contribution in [3.8, 4) is 10.4 Å². The molecule has 39 heavy (non-hydrogen) atoms. The van der Waals surface area contributed by atoms with Crippen LogP contribution in [0.4, 0.5) is 4.79 Å². The van der Waals surface area contributed by atoms with Crippen LogP contribution in [0.1, 0.15) is 45.7 Å². The second kappa shape index (κ2) is 11.0. The van der Waals surface area contributed by atoms with Gasteiger partial charge in [-0.25, -0.2) is 26.6 Å². The molecule has 3 aromatic rings. The molecule has 3 N–H and O–H groups in total. The average Bonchev–Trinajstić information content (AvgIpc) is 3.56. The normalized spacial score (nSPS) is 19.4. The summed E-state index contributed by atoms with van der Waals surface area (Å²) >= 11 is 1.25. The van der Waals surface area contributed by atoms with Crippen LogP contribution in [0.2, 0.25) is 0 Å². The number of pyridine rings is 1. The number of ether oxygens (including phenoxy) is 1. The lowest BCUT2D eigenvalue weighted by Crippen LogP contribution is -2.35. The van der Waals surface area contributed by atoms with Crippen molar-refractivity contribution in [3.05, 3.63) is 42.4 Å². The van der Waals surface area contributed by atoms with Gasteiger partial charge in [0.15, 0.2) is 19.7 Å². The molecule has 10 nitrogen and oxygen atoms in total. The summed E-state index contributed by atoms with van der Waals surface area (Å²) in [6.07, 6.45) is 6.72. The summed E-state index contributed by atoms with van der Waals surface area (Å²) in [5, 5.41) is 0.912. The van der Waals surface area contributed by atoms with Crippen molar-refractivity contribution in [3.63, 3.8) is 0 Å². The zero-order valence-electron chi connectivity index (χ0n) is 22.4. The van der Waals surface area contributed by atoms with E-state index >= 15 is 0 Å². The first-order valence-corrected chi connectivity index (χ1v) is 17.1. The number of nitrogens with zero attached hydrogens (tertiary/aromatic N) is 2. The van der Waals surface area contributed by atoms with Gasteiger partial charge >= 0.3 is 6.09 Å². The number of aromatic nitrogens is 2. The van der Waals surface area contributed by atoms with Gasteiger partial charge in [-0.1, -0.05) is 0 Å². The van der Waals surface area contributed by atoms with Crippen LogP contribution in [0.25, 0.3) is 27.0 Å². The molecule has 212 valence electrons. The van der Waals surface area contributed by atoms with Crippen LogP contribution in [-0.4, -0.2) is 73.7 Å². The molecule has 1 unspecified atom stereocenters. The molecule has 13 heteroatoms. The van der Waals surface area contributed by atoms with Crippen molar-refractivity contribution < 1.29 is 26.4 Å². The van der Waals surface area contributed by atoms with E-state index in [1.54, 1.807) is 17.2 Å². The standard InChI is InChI=1S/C22H25N3O4S2.C4H9NO2S/c1-22(2,3)29-21(26)25-11-5-6-14(13-25)17-12-16-15(9-10-23-20(16)24-17)18-7-8-19(30-18)31(4,27)28;5-4-1-2-8(6,7)3-4/h7-10,12-13H,5-6,11H2,1-4H3,(H,23,24);4H,1-3,5H2. The highest BCUT2D eigenvalue weighted by molar-refractivity contribution is 7.92. The Hall–Kier alpha value is -2.74. The van der Waals surface area contributed by atoms with Crippen molar-refractivity contribution in [1.29, 1.82) is 0 Å². The van der Waals surface area contributed by atoms with Gasteiger partial charge in [0.25, 0.3) is 0 Å². The number of fused-ring (bicyclic) bond motifs is 1. The Kier molecular flexibility index (Phi) is 8.27. The topological polar surface area (TPSA) is 153 Å². The van der Waals surface area contributed by atoms with Crippen molar-refractivity contribution in [2.75, 3.05) is 24.3 Å². The van der Waals surface area contributed by atoms with Crippen molar-refractivity contribution in [2.45, 2.75) is 55.9 Å². The van der Waals surface area contributed by atoms with Crippen molar-refractivity contribution in [2.24, 2.45) is 5.73 Å². The molecule has 0 bridgehead atoms. The molecule has 0 spiro atoms. The third-order valence-corrected chi connectivity index (χ3v) is 10.9. The van der Waals surface area contributed by atoms with Crippen LogP contribution >= 0.6 is 11.3 Å². The Morgan fingerprint density at radius 3 is 2.56 bits per heavy atom. The number of allylic oxidation sites excluding steroid dienone is 1. The van der Waals surface area contributed by atoms with E-state index in [1.165, 1.54) is 17.6 Å². The lowest BCUT2D eigenvalue weighted by atomic mass is 10.0. The third kappa shape index (κ3) is 7.47. The number of carbonyl (C=O) groups excluding carboxylic acids is 1. The van der Waals surface area contributed by atoms with Gasteiger partial charge in [0, 0.05) is 52.8 Å². The summed E-state index contributed by atoms with van der Waals surface area (Å²) in [4.78, 5) is 22.7.